The molecule has 0 fully saturated rings. The van der Waals surface area contributed by atoms with Crippen molar-refractivity contribution in [2.45, 2.75) is 19.3 Å². The molecule has 0 unspecified atom stereocenters. The summed E-state index contributed by atoms with van der Waals surface area (Å²) in [4.78, 5) is 1.37. The maximum atomic E-state index is 7.33. The van der Waals surface area contributed by atoms with Crippen LogP contribution in [-0.4, -0.2) is 12.0 Å². The predicted molar refractivity (Wildman–Crippen MR) is 43.2 cm³/mol. The molecule has 0 amide bonds. The fourth-order valence-corrected chi connectivity index (χ4v) is 1.56. The van der Waals surface area contributed by atoms with Crippen molar-refractivity contribution in [3.8, 4) is 0 Å². The summed E-state index contributed by atoms with van der Waals surface area (Å²) in [5.41, 5.74) is 0.797. The molecule has 1 nitrogen and oxygen atoms in total. The van der Waals surface area contributed by atoms with Crippen LogP contribution in [0, 0.1) is 5.41 Å². The van der Waals surface area contributed by atoms with E-state index in [1.165, 1.54) is 17.7 Å². The van der Waals surface area contributed by atoms with E-state index in [0.29, 0.717) is 0 Å². The Labute approximate surface area is 60.0 Å². The van der Waals surface area contributed by atoms with Gasteiger partial charge in [0.1, 0.15) is 0 Å². The number of allylic oxidation sites excluding steroid dienone is 2. The molecule has 0 bridgehead atoms. The fourth-order valence-electron chi connectivity index (χ4n) is 0.953. The average Bonchev–Trinajstić information content (AvgIpc) is 1.88. The lowest BCUT2D eigenvalue weighted by Gasteiger charge is -2.09. The van der Waals surface area contributed by atoms with E-state index in [2.05, 4.69) is 6.26 Å². The van der Waals surface area contributed by atoms with Gasteiger partial charge in [-0.25, -0.2) is 0 Å². The molecule has 50 valence electrons. The Morgan fingerprint density at radius 1 is 1.56 bits per heavy atom. The van der Waals surface area contributed by atoms with E-state index in [1.54, 1.807) is 11.8 Å². The Kier molecular flexibility index (Phi) is 2.34. The molecule has 0 radical (unpaired) electrons. The zero-order valence-electron chi connectivity index (χ0n) is 5.61. The summed E-state index contributed by atoms with van der Waals surface area (Å²) in [6.45, 7) is 0. The van der Waals surface area contributed by atoms with Gasteiger partial charge >= 0.3 is 0 Å². The van der Waals surface area contributed by atoms with E-state index in [1.807, 2.05) is 6.08 Å². The van der Waals surface area contributed by atoms with Crippen LogP contribution in [0.5, 0.6) is 0 Å². The van der Waals surface area contributed by atoms with E-state index in [0.717, 1.165) is 12.1 Å². The summed E-state index contributed by atoms with van der Waals surface area (Å²) in [5.74, 6) is 0. The molecule has 1 aliphatic rings. The van der Waals surface area contributed by atoms with Gasteiger partial charge in [0, 0.05) is 5.71 Å². The van der Waals surface area contributed by atoms with Crippen molar-refractivity contribution in [2.75, 3.05) is 6.26 Å². The maximum Gasteiger partial charge on any atom is 0.0321 e. The standard InChI is InChI=1S/C7H11NS/c1-9-7-4-2-3-6(8)5-7/h5,8H,2-4H2,1H3. The molecule has 0 saturated carbocycles. The van der Waals surface area contributed by atoms with Crippen molar-refractivity contribution in [2.24, 2.45) is 0 Å². The van der Waals surface area contributed by atoms with Crippen LogP contribution in [0.15, 0.2) is 11.0 Å². The van der Waals surface area contributed by atoms with Gasteiger partial charge in [-0.05, 0) is 36.5 Å². The lowest BCUT2D eigenvalue weighted by Crippen LogP contribution is -1.98. The number of nitrogens with one attached hydrogen (secondary N) is 1. The van der Waals surface area contributed by atoms with E-state index < -0.39 is 0 Å². The molecule has 9 heavy (non-hydrogen) atoms. The van der Waals surface area contributed by atoms with Gasteiger partial charge in [-0.1, -0.05) is 0 Å². The first-order valence-electron chi connectivity index (χ1n) is 3.15. The van der Waals surface area contributed by atoms with E-state index in [4.69, 9.17) is 5.41 Å². The molecule has 1 rings (SSSR count). The Bertz CT molecular complexity index is 149. The monoisotopic (exact) mass is 141 g/mol. The van der Waals surface area contributed by atoms with Crippen molar-refractivity contribution >= 4 is 17.5 Å². The van der Waals surface area contributed by atoms with Gasteiger partial charge < -0.3 is 5.41 Å². The van der Waals surface area contributed by atoms with Crippen molar-refractivity contribution in [1.29, 1.82) is 5.41 Å². The SMILES string of the molecule is CSC1=CC(=N)CCC1. The summed E-state index contributed by atoms with van der Waals surface area (Å²) in [6.07, 6.45) is 7.40. The zero-order valence-corrected chi connectivity index (χ0v) is 6.42. The van der Waals surface area contributed by atoms with Crippen molar-refractivity contribution < 1.29 is 0 Å². The summed E-state index contributed by atoms with van der Waals surface area (Å²) >= 11 is 1.77. The molecule has 1 N–H and O–H groups in total. The number of rotatable bonds is 1. The Balaban J connectivity index is 2.59. The first kappa shape index (κ1) is 6.87. The van der Waals surface area contributed by atoms with Gasteiger partial charge in [0.25, 0.3) is 0 Å². The third-order valence-corrected chi connectivity index (χ3v) is 2.31. The van der Waals surface area contributed by atoms with Crippen LogP contribution >= 0.6 is 11.8 Å². The van der Waals surface area contributed by atoms with E-state index in [9.17, 15) is 0 Å². The van der Waals surface area contributed by atoms with Crippen LogP contribution in [-0.2, 0) is 0 Å². The minimum absolute atomic E-state index is 0.797. The van der Waals surface area contributed by atoms with Crippen molar-refractivity contribution in [3.05, 3.63) is 11.0 Å². The normalized spacial score (nSPS) is 19.7. The molecule has 0 atom stereocenters. The van der Waals surface area contributed by atoms with Gasteiger partial charge in [0.15, 0.2) is 0 Å². The van der Waals surface area contributed by atoms with Crippen LogP contribution in [0.3, 0.4) is 0 Å². The molecule has 1 aliphatic carbocycles. The van der Waals surface area contributed by atoms with E-state index in [-0.39, 0.29) is 0 Å². The lowest BCUT2D eigenvalue weighted by atomic mass is 10.1. The van der Waals surface area contributed by atoms with Gasteiger partial charge in [-0.2, -0.15) is 0 Å². The Hall–Kier alpha value is -0.240. The van der Waals surface area contributed by atoms with Crippen LogP contribution < -0.4 is 0 Å². The second-order valence-electron chi connectivity index (χ2n) is 2.19. The molecule has 0 saturated heterocycles. The van der Waals surface area contributed by atoms with Gasteiger partial charge in [-0.15, -0.1) is 11.8 Å². The second-order valence-corrected chi connectivity index (χ2v) is 3.13. The van der Waals surface area contributed by atoms with Crippen molar-refractivity contribution in [1.82, 2.24) is 0 Å². The van der Waals surface area contributed by atoms with Crippen LogP contribution in [0.4, 0.5) is 0 Å². The number of hydrogen-bond acceptors (Lipinski definition) is 2. The topological polar surface area (TPSA) is 23.9 Å². The predicted octanol–water partition coefficient (Wildman–Crippen LogP) is 2.44. The molecule has 2 heteroatoms. The fraction of sp³-hybridized carbons (Fsp3) is 0.571. The molecule has 0 aromatic carbocycles. The summed E-state index contributed by atoms with van der Waals surface area (Å²) in [6, 6.07) is 0. The molecule has 0 aromatic rings. The molecule has 0 heterocycles. The third-order valence-electron chi connectivity index (χ3n) is 1.47. The number of thioether (sulfide) groups is 1. The summed E-state index contributed by atoms with van der Waals surface area (Å²) < 4.78 is 0. The lowest BCUT2D eigenvalue weighted by molar-refractivity contribution is 0.866. The molecule has 0 spiro atoms. The third kappa shape index (κ3) is 1.86. The quantitative estimate of drug-likeness (QED) is 0.595. The Morgan fingerprint density at radius 3 is 2.78 bits per heavy atom. The molecular formula is C7H11NS. The highest BCUT2D eigenvalue weighted by molar-refractivity contribution is 8.02. The zero-order chi connectivity index (χ0) is 6.69. The Morgan fingerprint density at radius 2 is 2.33 bits per heavy atom. The minimum atomic E-state index is 0.797. The highest BCUT2D eigenvalue weighted by atomic mass is 32.2. The van der Waals surface area contributed by atoms with Crippen LogP contribution in [0.2, 0.25) is 0 Å². The first-order valence-corrected chi connectivity index (χ1v) is 4.37. The maximum absolute atomic E-state index is 7.33. The average molecular weight is 141 g/mol. The highest BCUT2D eigenvalue weighted by Gasteiger charge is 2.04. The van der Waals surface area contributed by atoms with Crippen LogP contribution in [0.25, 0.3) is 0 Å². The number of hydrogen-bond donors (Lipinski definition) is 1. The summed E-state index contributed by atoms with van der Waals surface area (Å²) in [7, 11) is 0. The van der Waals surface area contributed by atoms with E-state index >= 15 is 0 Å². The summed E-state index contributed by atoms with van der Waals surface area (Å²) in [5, 5.41) is 7.33. The van der Waals surface area contributed by atoms with Crippen LogP contribution in [0.1, 0.15) is 19.3 Å². The van der Waals surface area contributed by atoms with Gasteiger partial charge in [0.2, 0.25) is 0 Å². The first-order chi connectivity index (χ1) is 4.33. The molecular weight excluding hydrogens is 130 g/mol. The van der Waals surface area contributed by atoms with Gasteiger partial charge in [-0.3, -0.25) is 0 Å². The molecule has 0 aliphatic heterocycles. The van der Waals surface area contributed by atoms with Crippen molar-refractivity contribution in [3.63, 3.8) is 0 Å². The largest absolute Gasteiger partial charge is 0.305 e. The smallest absolute Gasteiger partial charge is 0.0321 e. The van der Waals surface area contributed by atoms with Gasteiger partial charge in [0.05, 0.1) is 0 Å². The highest BCUT2D eigenvalue weighted by Crippen LogP contribution is 2.23. The second kappa shape index (κ2) is 3.06. The minimum Gasteiger partial charge on any atom is -0.305 e. The molecule has 0 aromatic heterocycles.